The minimum absolute atomic E-state index is 0.282. The Morgan fingerprint density at radius 2 is 2.00 bits per heavy atom. The van der Waals surface area contributed by atoms with E-state index < -0.39 is 21.4 Å². The molecule has 0 aliphatic carbocycles. The fraction of sp³-hybridized carbons (Fsp3) is 0.143. The summed E-state index contributed by atoms with van der Waals surface area (Å²) >= 11 is 0. The zero-order valence-electron chi connectivity index (χ0n) is 7.52. The average Bonchev–Trinajstić information content (AvgIpc) is 2.16. The SMILES string of the molecule is O=C(NS(=O)(=O)C(F)(F)F)c1cccnc1. The van der Waals surface area contributed by atoms with Gasteiger partial charge in [0.15, 0.2) is 0 Å². The summed E-state index contributed by atoms with van der Waals surface area (Å²) in [7, 11) is -5.67. The molecule has 1 N–H and O–H groups in total. The van der Waals surface area contributed by atoms with E-state index in [0.717, 1.165) is 17.0 Å². The Morgan fingerprint density at radius 3 is 2.44 bits per heavy atom. The molecular weight excluding hydrogens is 249 g/mol. The van der Waals surface area contributed by atoms with Crippen molar-refractivity contribution in [1.29, 1.82) is 0 Å². The molecule has 0 aromatic carbocycles. The third kappa shape index (κ3) is 2.69. The van der Waals surface area contributed by atoms with Crippen LogP contribution in [-0.2, 0) is 10.0 Å². The van der Waals surface area contributed by atoms with Crippen molar-refractivity contribution in [2.24, 2.45) is 0 Å². The summed E-state index contributed by atoms with van der Waals surface area (Å²) in [6, 6.07) is 2.42. The molecule has 0 spiro atoms. The molecule has 0 bridgehead atoms. The Morgan fingerprint density at radius 1 is 1.38 bits per heavy atom. The molecule has 0 fully saturated rings. The topological polar surface area (TPSA) is 76.1 Å². The normalized spacial score (nSPS) is 12.2. The number of nitrogens with zero attached hydrogens (tertiary/aromatic N) is 1. The number of sulfonamides is 1. The van der Waals surface area contributed by atoms with Gasteiger partial charge in [-0.25, -0.2) is 4.72 Å². The second-order valence-corrected chi connectivity index (χ2v) is 4.30. The van der Waals surface area contributed by atoms with E-state index in [-0.39, 0.29) is 5.56 Å². The Hall–Kier alpha value is -1.64. The predicted molar refractivity (Wildman–Crippen MR) is 46.7 cm³/mol. The maximum Gasteiger partial charge on any atom is 0.516 e. The van der Waals surface area contributed by atoms with Gasteiger partial charge in [0.2, 0.25) is 0 Å². The summed E-state index contributed by atoms with van der Waals surface area (Å²) in [6.07, 6.45) is 2.23. The fourth-order valence-corrected chi connectivity index (χ4v) is 1.21. The van der Waals surface area contributed by atoms with E-state index in [9.17, 15) is 26.4 Å². The molecule has 1 heterocycles. The van der Waals surface area contributed by atoms with E-state index >= 15 is 0 Å². The number of aromatic nitrogens is 1. The molecule has 0 unspecified atom stereocenters. The van der Waals surface area contributed by atoms with Gasteiger partial charge in [-0.05, 0) is 12.1 Å². The zero-order valence-corrected chi connectivity index (χ0v) is 8.34. The number of carbonyl (C=O) groups is 1. The number of carbonyl (C=O) groups excluding carboxylic acids is 1. The van der Waals surface area contributed by atoms with Crippen LogP contribution in [0.25, 0.3) is 0 Å². The molecule has 16 heavy (non-hydrogen) atoms. The number of hydrogen-bond acceptors (Lipinski definition) is 4. The molecule has 1 rings (SSSR count). The van der Waals surface area contributed by atoms with Gasteiger partial charge >= 0.3 is 15.5 Å². The summed E-state index contributed by atoms with van der Waals surface area (Å²) in [6.45, 7) is 0. The third-order valence-electron chi connectivity index (χ3n) is 1.46. The van der Waals surface area contributed by atoms with Gasteiger partial charge in [-0.3, -0.25) is 9.78 Å². The molecule has 5 nitrogen and oxygen atoms in total. The van der Waals surface area contributed by atoms with Crippen molar-refractivity contribution in [3.63, 3.8) is 0 Å². The first-order chi connectivity index (χ1) is 7.24. The largest absolute Gasteiger partial charge is 0.516 e. The van der Waals surface area contributed by atoms with Gasteiger partial charge in [0, 0.05) is 12.4 Å². The Kier molecular flexibility index (Phi) is 3.17. The highest BCUT2D eigenvalue weighted by molar-refractivity contribution is 7.90. The van der Waals surface area contributed by atoms with Crippen LogP contribution in [0.2, 0.25) is 0 Å². The summed E-state index contributed by atoms with van der Waals surface area (Å²) in [5.74, 6) is -1.38. The molecule has 88 valence electrons. The van der Waals surface area contributed by atoms with E-state index in [0.29, 0.717) is 0 Å². The van der Waals surface area contributed by atoms with E-state index in [1.54, 1.807) is 0 Å². The van der Waals surface area contributed by atoms with Gasteiger partial charge in [-0.1, -0.05) is 0 Å². The average molecular weight is 254 g/mol. The quantitative estimate of drug-likeness (QED) is 0.841. The van der Waals surface area contributed by atoms with Crippen LogP contribution in [-0.4, -0.2) is 24.8 Å². The first-order valence-corrected chi connectivity index (χ1v) is 5.26. The maximum absolute atomic E-state index is 11.9. The summed E-state index contributed by atoms with van der Waals surface area (Å²) in [5.41, 5.74) is -5.81. The van der Waals surface area contributed by atoms with Crippen LogP contribution < -0.4 is 4.72 Å². The first kappa shape index (κ1) is 12.4. The molecule has 0 saturated heterocycles. The van der Waals surface area contributed by atoms with Crippen molar-refractivity contribution < 1.29 is 26.4 Å². The molecule has 0 aliphatic rings. The van der Waals surface area contributed by atoms with E-state index in [1.807, 2.05) is 0 Å². The second-order valence-electron chi connectivity index (χ2n) is 2.62. The van der Waals surface area contributed by atoms with Gasteiger partial charge in [-0.15, -0.1) is 0 Å². The summed E-state index contributed by atoms with van der Waals surface area (Å²) in [5, 5.41) is 0. The van der Waals surface area contributed by atoms with Crippen molar-refractivity contribution in [1.82, 2.24) is 9.71 Å². The van der Waals surface area contributed by atoms with Crippen LogP contribution >= 0.6 is 0 Å². The zero-order chi connectivity index (χ0) is 12.4. The van der Waals surface area contributed by atoms with Gasteiger partial charge < -0.3 is 0 Å². The number of hydrogen-bond donors (Lipinski definition) is 1. The van der Waals surface area contributed by atoms with Crippen molar-refractivity contribution >= 4 is 15.9 Å². The van der Waals surface area contributed by atoms with Crippen molar-refractivity contribution in [3.05, 3.63) is 30.1 Å². The molecule has 0 atom stereocenters. The number of nitrogens with one attached hydrogen (secondary N) is 1. The number of amides is 1. The molecular formula is C7H5F3N2O3S. The van der Waals surface area contributed by atoms with Crippen LogP contribution in [0.1, 0.15) is 10.4 Å². The van der Waals surface area contributed by atoms with Crippen LogP contribution in [0.5, 0.6) is 0 Å². The highest BCUT2D eigenvalue weighted by atomic mass is 32.2. The second kappa shape index (κ2) is 4.08. The number of rotatable bonds is 2. The van der Waals surface area contributed by atoms with Gasteiger partial charge in [0.25, 0.3) is 5.91 Å². The van der Waals surface area contributed by atoms with Crippen LogP contribution in [0.15, 0.2) is 24.5 Å². The van der Waals surface area contributed by atoms with Crippen LogP contribution in [0, 0.1) is 0 Å². The first-order valence-electron chi connectivity index (χ1n) is 3.77. The minimum Gasteiger partial charge on any atom is -0.268 e. The summed E-state index contributed by atoms with van der Waals surface area (Å²) in [4.78, 5) is 14.5. The van der Waals surface area contributed by atoms with Gasteiger partial charge in [-0.2, -0.15) is 21.6 Å². The van der Waals surface area contributed by atoms with E-state index in [1.165, 1.54) is 12.3 Å². The summed E-state index contributed by atoms with van der Waals surface area (Å²) < 4.78 is 57.7. The lowest BCUT2D eigenvalue weighted by molar-refractivity contribution is -0.0446. The Bertz CT molecular complexity index is 483. The molecule has 0 aliphatic heterocycles. The third-order valence-corrected chi connectivity index (χ3v) is 2.52. The molecule has 0 radical (unpaired) electrons. The number of halogens is 3. The molecule has 1 aromatic heterocycles. The minimum atomic E-state index is -5.67. The lowest BCUT2D eigenvalue weighted by atomic mass is 10.3. The monoisotopic (exact) mass is 254 g/mol. The Labute approximate surface area is 88.3 Å². The number of alkyl halides is 3. The maximum atomic E-state index is 11.9. The lowest BCUT2D eigenvalue weighted by Gasteiger charge is -2.08. The fourth-order valence-electron chi connectivity index (χ4n) is 0.736. The van der Waals surface area contributed by atoms with E-state index in [2.05, 4.69) is 4.98 Å². The van der Waals surface area contributed by atoms with Gasteiger partial charge in [0.1, 0.15) is 0 Å². The highest BCUT2D eigenvalue weighted by Gasteiger charge is 2.47. The molecule has 9 heteroatoms. The van der Waals surface area contributed by atoms with Crippen molar-refractivity contribution in [3.8, 4) is 0 Å². The standard InChI is InChI=1S/C7H5F3N2O3S/c8-7(9,10)16(14,15)12-6(13)5-2-1-3-11-4-5/h1-4H,(H,12,13). The van der Waals surface area contributed by atoms with Crippen molar-refractivity contribution in [2.75, 3.05) is 0 Å². The predicted octanol–water partition coefficient (Wildman–Crippen LogP) is 0.661. The molecule has 0 saturated carbocycles. The molecule has 1 aromatic rings. The Balaban J connectivity index is 2.89. The van der Waals surface area contributed by atoms with E-state index in [4.69, 9.17) is 0 Å². The van der Waals surface area contributed by atoms with Crippen LogP contribution in [0.4, 0.5) is 13.2 Å². The van der Waals surface area contributed by atoms with Crippen molar-refractivity contribution in [2.45, 2.75) is 5.51 Å². The van der Waals surface area contributed by atoms with Crippen LogP contribution in [0.3, 0.4) is 0 Å². The lowest BCUT2D eigenvalue weighted by Crippen LogP contribution is -2.40. The smallest absolute Gasteiger partial charge is 0.268 e. The van der Waals surface area contributed by atoms with Gasteiger partial charge in [0.05, 0.1) is 5.56 Å². The number of pyridine rings is 1. The molecule has 1 amide bonds. The highest BCUT2D eigenvalue weighted by Crippen LogP contribution is 2.21.